The fraction of sp³-hybridized carbons (Fsp3) is 0.333. The Bertz CT molecular complexity index is 405. The molecule has 1 spiro atoms. The number of nitrogen functional groups attached to an aromatic ring is 1. The van der Waals surface area contributed by atoms with Gasteiger partial charge in [-0.3, -0.25) is 0 Å². The first-order valence-electron chi connectivity index (χ1n) is 5.05. The zero-order valence-electron chi connectivity index (χ0n) is 7.99. The van der Waals surface area contributed by atoms with Crippen LogP contribution in [0.4, 0.5) is 5.69 Å². The molecule has 1 fully saturated rings. The first-order valence-corrected chi connectivity index (χ1v) is 5.05. The molecule has 2 heteroatoms. The average molecular weight is 187 g/mol. The van der Waals surface area contributed by atoms with Crippen LogP contribution in [-0.2, 0) is 0 Å². The smallest absolute Gasteiger partial charge is 0.128 e. The van der Waals surface area contributed by atoms with Crippen LogP contribution in [0.25, 0.3) is 6.08 Å². The fourth-order valence-electron chi connectivity index (χ4n) is 2.08. The summed E-state index contributed by atoms with van der Waals surface area (Å²) in [5, 5.41) is 0. The Balaban J connectivity index is 2.02. The highest BCUT2D eigenvalue weighted by molar-refractivity contribution is 5.65. The third-order valence-corrected chi connectivity index (χ3v) is 3.11. The molecule has 1 aliphatic heterocycles. The van der Waals surface area contributed by atoms with E-state index in [-0.39, 0.29) is 5.60 Å². The first kappa shape index (κ1) is 7.92. The maximum atomic E-state index is 5.97. The molecule has 14 heavy (non-hydrogen) atoms. The second-order valence-electron chi connectivity index (χ2n) is 4.15. The van der Waals surface area contributed by atoms with Crippen molar-refractivity contribution in [3.8, 4) is 5.75 Å². The third-order valence-electron chi connectivity index (χ3n) is 3.11. The lowest BCUT2D eigenvalue weighted by atomic mass is 9.78. The van der Waals surface area contributed by atoms with Crippen LogP contribution in [0.2, 0.25) is 0 Å². The van der Waals surface area contributed by atoms with Crippen LogP contribution in [0.3, 0.4) is 0 Å². The van der Waals surface area contributed by atoms with Gasteiger partial charge in [-0.15, -0.1) is 0 Å². The Morgan fingerprint density at radius 3 is 2.86 bits per heavy atom. The van der Waals surface area contributed by atoms with Gasteiger partial charge >= 0.3 is 0 Å². The summed E-state index contributed by atoms with van der Waals surface area (Å²) in [6.07, 6.45) is 7.88. The van der Waals surface area contributed by atoms with E-state index in [1.54, 1.807) is 0 Å². The van der Waals surface area contributed by atoms with E-state index in [0.29, 0.717) is 0 Å². The van der Waals surface area contributed by atoms with Gasteiger partial charge in [0.15, 0.2) is 0 Å². The van der Waals surface area contributed by atoms with Gasteiger partial charge in [-0.2, -0.15) is 0 Å². The molecule has 1 saturated carbocycles. The number of rotatable bonds is 0. The molecule has 1 aromatic rings. The molecule has 0 aromatic heterocycles. The van der Waals surface area contributed by atoms with Crippen LogP contribution in [-0.4, -0.2) is 5.60 Å². The third kappa shape index (κ3) is 1.03. The molecule has 1 aliphatic carbocycles. The molecule has 2 nitrogen and oxygen atoms in total. The van der Waals surface area contributed by atoms with Gasteiger partial charge in [0.1, 0.15) is 11.4 Å². The molecular formula is C12H13NO. The predicted octanol–water partition coefficient (Wildman–Crippen LogP) is 2.60. The molecule has 0 amide bonds. The number of fused-ring (bicyclic) bond motifs is 1. The summed E-state index contributed by atoms with van der Waals surface area (Å²) >= 11 is 0. The molecule has 0 unspecified atom stereocenters. The van der Waals surface area contributed by atoms with Gasteiger partial charge < -0.3 is 10.5 Å². The van der Waals surface area contributed by atoms with Crippen molar-refractivity contribution in [3.05, 3.63) is 29.8 Å². The zero-order valence-corrected chi connectivity index (χ0v) is 7.99. The molecule has 3 rings (SSSR count). The van der Waals surface area contributed by atoms with Crippen LogP contribution in [0.1, 0.15) is 24.8 Å². The Hall–Kier alpha value is -1.44. The first-order chi connectivity index (χ1) is 6.77. The Morgan fingerprint density at radius 2 is 2.14 bits per heavy atom. The van der Waals surface area contributed by atoms with Gasteiger partial charge in [0, 0.05) is 11.3 Å². The Kier molecular flexibility index (Phi) is 1.43. The number of hydrogen-bond acceptors (Lipinski definition) is 2. The van der Waals surface area contributed by atoms with E-state index in [4.69, 9.17) is 10.5 Å². The number of benzene rings is 1. The average Bonchev–Trinajstić information content (AvgIpc) is 2.15. The second kappa shape index (κ2) is 2.53. The molecule has 72 valence electrons. The molecule has 0 saturated heterocycles. The van der Waals surface area contributed by atoms with Crippen LogP contribution < -0.4 is 10.5 Å². The number of ether oxygens (including phenoxy) is 1. The van der Waals surface area contributed by atoms with Crippen molar-refractivity contribution >= 4 is 11.8 Å². The normalized spacial score (nSPS) is 21.1. The number of anilines is 1. The van der Waals surface area contributed by atoms with Crippen molar-refractivity contribution in [1.29, 1.82) is 0 Å². The van der Waals surface area contributed by atoms with Gasteiger partial charge in [-0.1, -0.05) is 6.08 Å². The van der Waals surface area contributed by atoms with Crippen LogP contribution in [0, 0.1) is 0 Å². The zero-order chi connectivity index (χ0) is 9.60. The van der Waals surface area contributed by atoms with Crippen molar-refractivity contribution in [1.82, 2.24) is 0 Å². The van der Waals surface area contributed by atoms with Crippen molar-refractivity contribution in [3.63, 3.8) is 0 Å². The molecule has 1 aromatic carbocycles. The monoisotopic (exact) mass is 187 g/mol. The van der Waals surface area contributed by atoms with E-state index >= 15 is 0 Å². The maximum absolute atomic E-state index is 5.97. The van der Waals surface area contributed by atoms with E-state index in [0.717, 1.165) is 29.8 Å². The highest BCUT2D eigenvalue weighted by Crippen LogP contribution is 2.42. The molecule has 0 bridgehead atoms. The standard InChI is InChI=1S/C12H13NO/c13-10-2-3-11-9(8-10)4-7-12(14-11)5-1-6-12/h2-4,7-8H,1,5-6,13H2. The SMILES string of the molecule is Nc1ccc2c(c1)C=CC1(CCC1)O2. The quantitative estimate of drug-likeness (QED) is 0.633. The summed E-state index contributed by atoms with van der Waals surface area (Å²) in [6.45, 7) is 0. The van der Waals surface area contributed by atoms with E-state index in [1.807, 2.05) is 18.2 Å². The second-order valence-corrected chi connectivity index (χ2v) is 4.15. The molecule has 2 aliphatic rings. The maximum Gasteiger partial charge on any atom is 0.128 e. The van der Waals surface area contributed by atoms with Gasteiger partial charge in [0.2, 0.25) is 0 Å². The van der Waals surface area contributed by atoms with Crippen molar-refractivity contribution in [2.75, 3.05) is 5.73 Å². The van der Waals surface area contributed by atoms with E-state index < -0.39 is 0 Å². The van der Waals surface area contributed by atoms with Gasteiger partial charge in [-0.25, -0.2) is 0 Å². The number of hydrogen-bond donors (Lipinski definition) is 1. The highest BCUT2D eigenvalue weighted by atomic mass is 16.5. The van der Waals surface area contributed by atoms with Crippen LogP contribution >= 0.6 is 0 Å². The van der Waals surface area contributed by atoms with E-state index in [2.05, 4.69) is 12.2 Å². The van der Waals surface area contributed by atoms with Crippen molar-refractivity contribution in [2.45, 2.75) is 24.9 Å². The van der Waals surface area contributed by atoms with E-state index in [1.165, 1.54) is 6.42 Å². The predicted molar refractivity (Wildman–Crippen MR) is 57.1 cm³/mol. The summed E-state index contributed by atoms with van der Waals surface area (Å²) in [7, 11) is 0. The van der Waals surface area contributed by atoms with Crippen LogP contribution in [0.5, 0.6) is 5.75 Å². The topological polar surface area (TPSA) is 35.2 Å². The summed E-state index contributed by atoms with van der Waals surface area (Å²) < 4.78 is 5.97. The van der Waals surface area contributed by atoms with Gasteiger partial charge in [0.25, 0.3) is 0 Å². The van der Waals surface area contributed by atoms with Gasteiger partial charge in [-0.05, 0) is 43.5 Å². The lowest BCUT2D eigenvalue weighted by molar-refractivity contribution is 0.0383. The molecule has 0 radical (unpaired) electrons. The van der Waals surface area contributed by atoms with Crippen molar-refractivity contribution in [2.24, 2.45) is 0 Å². The minimum Gasteiger partial charge on any atom is -0.483 e. The van der Waals surface area contributed by atoms with Crippen LogP contribution in [0.15, 0.2) is 24.3 Å². The fourth-order valence-corrected chi connectivity index (χ4v) is 2.08. The summed E-state index contributed by atoms with van der Waals surface area (Å²) in [6, 6.07) is 5.82. The summed E-state index contributed by atoms with van der Waals surface area (Å²) in [5.41, 5.74) is 7.62. The largest absolute Gasteiger partial charge is 0.483 e. The lowest BCUT2D eigenvalue weighted by Gasteiger charge is -2.41. The number of nitrogens with two attached hydrogens (primary N) is 1. The Labute approximate surface area is 83.4 Å². The molecule has 2 N–H and O–H groups in total. The lowest BCUT2D eigenvalue weighted by Crippen LogP contribution is -2.42. The highest BCUT2D eigenvalue weighted by Gasteiger charge is 2.38. The van der Waals surface area contributed by atoms with Gasteiger partial charge in [0.05, 0.1) is 0 Å². The minimum absolute atomic E-state index is 0.0170. The van der Waals surface area contributed by atoms with E-state index in [9.17, 15) is 0 Å². The van der Waals surface area contributed by atoms with Crippen molar-refractivity contribution < 1.29 is 4.74 Å². The summed E-state index contributed by atoms with van der Waals surface area (Å²) in [5.74, 6) is 0.974. The molecular weight excluding hydrogens is 174 g/mol. The molecule has 1 heterocycles. The molecule has 0 atom stereocenters. The Morgan fingerprint density at radius 1 is 1.29 bits per heavy atom. The summed E-state index contributed by atoms with van der Waals surface area (Å²) in [4.78, 5) is 0. The minimum atomic E-state index is 0.0170.